The number of halogens is 2. The van der Waals surface area contributed by atoms with Crippen LogP contribution in [0.4, 0.5) is 4.79 Å². The van der Waals surface area contributed by atoms with Crippen molar-refractivity contribution in [2.45, 2.75) is 0 Å². The van der Waals surface area contributed by atoms with Crippen LogP contribution in [-0.2, 0) is 4.79 Å². The average molecular weight is 408 g/mol. The molecule has 1 heterocycles. The predicted octanol–water partition coefficient (Wildman–Crippen LogP) is 4.62. The van der Waals surface area contributed by atoms with Gasteiger partial charge in [-0.05, 0) is 35.5 Å². The molecular formula is C18H11Cl2NO4S. The van der Waals surface area contributed by atoms with Crippen LogP contribution in [0.15, 0.2) is 47.4 Å². The Balaban J connectivity index is 1.82. The number of carbonyl (C=O) groups excluding carboxylic acids is 3. The Morgan fingerprint density at radius 3 is 2.35 bits per heavy atom. The lowest BCUT2D eigenvalue weighted by atomic mass is 10.1. The molecule has 26 heavy (non-hydrogen) atoms. The maximum Gasteiger partial charge on any atom is 0.293 e. The van der Waals surface area contributed by atoms with Crippen molar-refractivity contribution in [2.75, 3.05) is 6.54 Å². The summed E-state index contributed by atoms with van der Waals surface area (Å²) in [7, 11) is 0. The van der Waals surface area contributed by atoms with E-state index in [0.717, 1.165) is 16.7 Å². The second-order valence-electron chi connectivity index (χ2n) is 5.39. The molecule has 0 bridgehead atoms. The smallest absolute Gasteiger partial charge is 0.293 e. The van der Waals surface area contributed by atoms with Crippen LogP contribution in [0.1, 0.15) is 15.9 Å². The molecule has 0 atom stereocenters. The van der Waals surface area contributed by atoms with E-state index in [2.05, 4.69) is 0 Å². The van der Waals surface area contributed by atoms with Crippen LogP contribution in [0.5, 0.6) is 5.75 Å². The molecule has 1 aliphatic heterocycles. The number of phenols is 1. The number of benzene rings is 2. The minimum absolute atomic E-state index is 0.0298. The monoisotopic (exact) mass is 407 g/mol. The topological polar surface area (TPSA) is 74.7 Å². The molecule has 0 saturated carbocycles. The molecule has 0 radical (unpaired) electrons. The summed E-state index contributed by atoms with van der Waals surface area (Å²) in [6, 6.07) is 11.3. The Bertz CT molecular complexity index is 920. The van der Waals surface area contributed by atoms with Gasteiger partial charge in [-0.15, -0.1) is 0 Å². The van der Waals surface area contributed by atoms with Gasteiger partial charge < -0.3 is 5.11 Å². The van der Waals surface area contributed by atoms with Gasteiger partial charge in [-0.3, -0.25) is 19.3 Å². The highest BCUT2D eigenvalue weighted by atomic mass is 35.5. The van der Waals surface area contributed by atoms with E-state index in [1.165, 1.54) is 18.2 Å². The van der Waals surface area contributed by atoms with Crippen molar-refractivity contribution in [2.24, 2.45) is 0 Å². The van der Waals surface area contributed by atoms with E-state index in [9.17, 15) is 19.5 Å². The van der Waals surface area contributed by atoms with Gasteiger partial charge in [-0.2, -0.15) is 0 Å². The van der Waals surface area contributed by atoms with Gasteiger partial charge in [-0.25, -0.2) is 0 Å². The number of Topliss-reactive ketones (excluding diaryl/α,β-unsaturated/α-hetero) is 1. The van der Waals surface area contributed by atoms with Crippen molar-refractivity contribution in [3.05, 3.63) is 68.5 Å². The first kappa shape index (κ1) is 18.5. The molecule has 1 fully saturated rings. The van der Waals surface area contributed by atoms with Crippen LogP contribution in [0.2, 0.25) is 10.0 Å². The quantitative estimate of drug-likeness (QED) is 0.591. The van der Waals surface area contributed by atoms with E-state index in [-0.39, 0.29) is 33.0 Å². The van der Waals surface area contributed by atoms with E-state index in [4.69, 9.17) is 23.2 Å². The highest BCUT2D eigenvalue weighted by molar-refractivity contribution is 8.18. The van der Waals surface area contributed by atoms with Crippen LogP contribution < -0.4 is 0 Å². The van der Waals surface area contributed by atoms with Crippen LogP contribution >= 0.6 is 35.0 Å². The minimum Gasteiger partial charge on any atom is -0.505 e. The number of imide groups is 1. The predicted molar refractivity (Wildman–Crippen MR) is 102 cm³/mol. The zero-order valence-electron chi connectivity index (χ0n) is 13.1. The fraction of sp³-hybridized carbons (Fsp3) is 0.0556. The van der Waals surface area contributed by atoms with Gasteiger partial charge in [0.2, 0.25) is 0 Å². The third kappa shape index (κ3) is 3.77. The van der Waals surface area contributed by atoms with Crippen molar-refractivity contribution in [1.29, 1.82) is 0 Å². The lowest BCUT2D eigenvalue weighted by Gasteiger charge is -2.11. The van der Waals surface area contributed by atoms with E-state index < -0.39 is 11.1 Å². The van der Waals surface area contributed by atoms with Crippen molar-refractivity contribution < 1.29 is 19.5 Å². The second-order valence-corrected chi connectivity index (χ2v) is 7.20. The summed E-state index contributed by atoms with van der Waals surface area (Å²) >= 11 is 12.4. The van der Waals surface area contributed by atoms with Crippen LogP contribution in [0.25, 0.3) is 6.08 Å². The number of carbonyl (C=O) groups is 3. The lowest BCUT2D eigenvalue weighted by molar-refractivity contribution is -0.122. The molecule has 0 aliphatic carbocycles. The second kappa shape index (κ2) is 7.53. The van der Waals surface area contributed by atoms with Crippen LogP contribution in [-0.4, -0.2) is 33.5 Å². The first-order valence-corrected chi connectivity index (χ1v) is 8.95. The molecule has 2 amide bonds. The van der Waals surface area contributed by atoms with E-state index in [1.54, 1.807) is 30.3 Å². The number of thioether (sulfide) groups is 1. The standard InChI is InChI=1S/C18H11Cl2NO4S/c19-12-6-10(7-13(20)16(12)23)8-15-17(24)21(18(25)26-15)9-14(22)11-4-2-1-3-5-11/h1-8,23H,9H2/b15-8-. The van der Waals surface area contributed by atoms with Gasteiger partial charge in [0.15, 0.2) is 11.5 Å². The van der Waals surface area contributed by atoms with Crippen LogP contribution in [0.3, 0.4) is 0 Å². The number of aromatic hydroxyl groups is 1. The number of rotatable bonds is 4. The number of nitrogens with zero attached hydrogens (tertiary/aromatic N) is 1. The molecule has 132 valence electrons. The lowest BCUT2D eigenvalue weighted by Crippen LogP contribution is -2.33. The molecule has 1 N–H and O–H groups in total. The molecule has 0 aromatic heterocycles. The van der Waals surface area contributed by atoms with Gasteiger partial charge in [-0.1, -0.05) is 53.5 Å². The Morgan fingerprint density at radius 2 is 1.73 bits per heavy atom. The zero-order chi connectivity index (χ0) is 18.8. The van der Waals surface area contributed by atoms with Crippen molar-refractivity contribution in [3.8, 4) is 5.75 Å². The van der Waals surface area contributed by atoms with E-state index >= 15 is 0 Å². The first-order chi connectivity index (χ1) is 12.4. The van der Waals surface area contributed by atoms with E-state index in [1.807, 2.05) is 0 Å². The SMILES string of the molecule is O=C(CN1C(=O)S/C(=C\c2cc(Cl)c(O)c(Cl)c2)C1=O)c1ccccc1. The van der Waals surface area contributed by atoms with Crippen LogP contribution in [0, 0.1) is 0 Å². The number of ketones is 1. The van der Waals surface area contributed by atoms with Crippen molar-refractivity contribution in [1.82, 2.24) is 4.90 Å². The Labute approximate surface area is 163 Å². The summed E-state index contributed by atoms with van der Waals surface area (Å²) in [5.41, 5.74) is 0.880. The number of amides is 2. The third-order valence-electron chi connectivity index (χ3n) is 3.61. The maximum absolute atomic E-state index is 12.5. The molecule has 2 aromatic rings. The molecule has 3 rings (SSSR count). The van der Waals surface area contributed by atoms with E-state index in [0.29, 0.717) is 11.1 Å². The average Bonchev–Trinajstić information content (AvgIpc) is 2.87. The normalized spacial score (nSPS) is 15.8. The summed E-state index contributed by atoms with van der Waals surface area (Å²) in [6.07, 6.45) is 1.44. The number of hydrogen-bond acceptors (Lipinski definition) is 5. The molecule has 5 nitrogen and oxygen atoms in total. The van der Waals surface area contributed by atoms with Crippen molar-refractivity contribution >= 4 is 58.0 Å². The highest BCUT2D eigenvalue weighted by Crippen LogP contribution is 2.36. The molecule has 2 aromatic carbocycles. The highest BCUT2D eigenvalue weighted by Gasteiger charge is 2.36. The largest absolute Gasteiger partial charge is 0.505 e. The summed E-state index contributed by atoms with van der Waals surface area (Å²) in [5, 5.41) is 9.11. The molecule has 0 spiro atoms. The third-order valence-corrected chi connectivity index (χ3v) is 5.09. The first-order valence-electron chi connectivity index (χ1n) is 7.38. The molecular weight excluding hydrogens is 397 g/mol. The summed E-state index contributed by atoms with van der Waals surface area (Å²) in [4.78, 5) is 37.9. The van der Waals surface area contributed by atoms with Gasteiger partial charge in [0.25, 0.3) is 11.1 Å². The summed E-state index contributed by atoms with van der Waals surface area (Å²) < 4.78 is 0. The van der Waals surface area contributed by atoms with Crippen molar-refractivity contribution in [3.63, 3.8) is 0 Å². The zero-order valence-corrected chi connectivity index (χ0v) is 15.4. The van der Waals surface area contributed by atoms with Gasteiger partial charge >= 0.3 is 0 Å². The van der Waals surface area contributed by atoms with Gasteiger partial charge in [0.1, 0.15) is 0 Å². The number of phenolic OH excluding ortho intramolecular Hbond substituents is 1. The fourth-order valence-corrected chi connectivity index (χ4v) is 3.66. The molecule has 0 unspecified atom stereocenters. The minimum atomic E-state index is -0.565. The fourth-order valence-electron chi connectivity index (χ4n) is 2.32. The maximum atomic E-state index is 12.5. The molecule has 1 aliphatic rings. The number of hydrogen-bond donors (Lipinski definition) is 1. The summed E-state index contributed by atoms with van der Waals surface area (Å²) in [5.74, 6) is -1.15. The summed E-state index contributed by atoms with van der Waals surface area (Å²) in [6.45, 7) is -0.330. The molecule has 8 heteroatoms. The Hall–Kier alpha value is -2.28. The van der Waals surface area contributed by atoms with Gasteiger partial charge in [0.05, 0.1) is 21.5 Å². The van der Waals surface area contributed by atoms with Gasteiger partial charge in [0, 0.05) is 5.56 Å². The Morgan fingerprint density at radius 1 is 1.12 bits per heavy atom. The Kier molecular flexibility index (Phi) is 5.36. The molecule has 1 saturated heterocycles.